The molecule has 1 saturated carbocycles. The zero-order chi connectivity index (χ0) is 20.9. The molecular weight excluding hydrogens is 432 g/mol. The van der Waals surface area contributed by atoms with Crippen LogP contribution in [0.5, 0.6) is 0 Å². The van der Waals surface area contributed by atoms with Gasteiger partial charge < -0.3 is 10.5 Å². The van der Waals surface area contributed by atoms with E-state index in [0.29, 0.717) is 5.69 Å². The van der Waals surface area contributed by atoms with E-state index in [2.05, 4.69) is 15.9 Å². The summed E-state index contributed by atoms with van der Waals surface area (Å²) in [7, 11) is 0. The molecular formula is C23H27BrN2O3. The molecule has 2 N–H and O–H groups in total. The van der Waals surface area contributed by atoms with E-state index in [1.807, 2.05) is 51.1 Å². The number of anilines is 1. The molecule has 0 radical (unpaired) electrons. The lowest BCUT2D eigenvalue weighted by molar-refractivity contribution is -0.125. The summed E-state index contributed by atoms with van der Waals surface area (Å²) >= 11 is 3.48. The molecule has 3 atom stereocenters. The summed E-state index contributed by atoms with van der Waals surface area (Å²) in [6, 6.07) is 9.53. The van der Waals surface area contributed by atoms with Gasteiger partial charge in [-0.15, -0.1) is 0 Å². The molecule has 2 aromatic rings. The third-order valence-electron chi connectivity index (χ3n) is 6.00. The fourth-order valence-corrected chi connectivity index (χ4v) is 5.18. The average Bonchev–Trinajstić information content (AvgIpc) is 3.24. The van der Waals surface area contributed by atoms with E-state index in [4.69, 9.17) is 10.5 Å². The zero-order valence-corrected chi connectivity index (χ0v) is 18.7. The lowest BCUT2D eigenvalue weighted by Gasteiger charge is -2.35. The maximum absolute atomic E-state index is 13.3. The van der Waals surface area contributed by atoms with E-state index in [-0.39, 0.29) is 30.3 Å². The van der Waals surface area contributed by atoms with Gasteiger partial charge >= 0.3 is 6.09 Å². The summed E-state index contributed by atoms with van der Waals surface area (Å²) in [5, 5.41) is 1.97. The second-order valence-electron chi connectivity index (χ2n) is 9.21. The van der Waals surface area contributed by atoms with Crippen molar-refractivity contribution in [1.82, 2.24) is 4.90 Å². The van der Waals surface area contributed by atoms with Gasteiger partial charge in [-0.25, -0.2) is 4.79 Å². The predicted molar refractivity (Wildman–Crippen MR) is 118 cm³/mol. The Morgan fingerprint density at radius 2 is 1.97 bits per heavy atom. The van der Waals surface area contributed by atoms with E-state index < -0.39 is 11.6 Å². The first-order valence-electron chi connectivity index (χ1n) is 10.1. The first kappa shape index (κ1) is 20.2. The Labute approximate surface area is 179 Å². The number of rotatable bonds is 3. The van der Waals surface area contributed by atoms with Crippen molar-refractivity contribution < 1.29 is 14.3 Å². The highest BCUT2D eigenvalue weighted by atomic mass is 79.9. The summed E-state index contributed by atoms with van der Waals surface area (Å²) in [5.41, 5.74) is 7.27. The van der Waals surface area contributed by atoms with Crippen LogP contribution in [0.3, 0.4) is 0 Å². The molecule has 4 rings (SSSR count). The largest absolute Gasteiger partial charge is 0.444 e. The van der Waals surface area contributed by atoms with Gasteiger partial charge in [0.05, 0.1) is 6.04 Å². The first-order valence-corrected chi connectivity index (χ1v) is 10.9. The molecule has 2 aromatic carbocycles. The van der Waals surface area contributed by atoms with Gasteiger partial charge in [0, 0.05) is 28.0 Å². The third kappa shape index (κ3) is 3.87. The molecule has 1 aliphatic heterocycles. The van der Waals surface area contributed by atoms with Gasteiger partial charge in [0.1, 0.15) is 5.60 Å². The number of amides is 1. The number of carbonyl (C=O) groups is 2. The molecule has 2 aliphatic rings. The second-order valence-corrected chi connectivity index (χ2v) is 10.1. The molecule has 0 spiro atoms. The Bertz CT molecular complexity index is 982. The molecule has 2 fully saturated rings. The highest BCUT2D eigenvalue weighted by Crippen LogP contribution is 2.44. The van der Waals surface area contributed by atoms with Gasteiger partial charge in [-0.3, -0.25) is 9.69 Å². The Hall–Kier alpha value is -2.08. The normalized spacial score (nSPS) is 23.6. The number of ether oxygens (including phenoxy) is 1. The summed E-state index contributed by atoms with van der Waals surface area (Å²) in [6.07, 6.45) is 2.67. The minimum absolute atomic E-state index is 0.0474. The van der Waals surface area contributed by atoms with E-state index in [1.165, 1.54) is 0 Å². The van der Waals surface area contributed by atoms with E-state index in [9.17, 15) is 9.59 Å². The zero-order valence-electron chi connectivity index (χ0n) is 17.1. The van der Waals surface area contributed by atoms with Crippen LogP contribution in [0.2, 0.25) is 0 Å². The number of carbonyl (C=O) groups excluding carboxylic acids is 2. The maximum atomic E-state index is 13.3. The van der Waals surface area contributed by atoms with Crippen molar-refractivity contribution in [2.45, 2.75) is 64.1 Å². The molecule has 1 heterocycles. The number of piperidine rings is 1. The van der Waals surface area contributed by atoms with Gasteiger partial charge in [0.25, 0.3) is 0 Å². The molecule has 0 unspecified atom stereocenters. The highest BCUT2D eigenvalue weighted by molar-refractivity contribution is 9.10. The van der Waals surface area contributed by atoms with Crippen molar-refractivity contribution in [1.29, 1.82) is 0 Å². The molecule has 5 nitrogen and oxygen atoms in total. The van der Waals surface area contributed by atoms with Crippen molar-refractivity contribution in [3.8, 4) is 0 Å². The number of nitrogens with two attached hydrogens (primary N) is 1. The Morgan fingerprint density at radius 3 is 2.69 bits per heavy atom. The number of fused-ring (bicyclic) bond motifs is 3. The van der Waals surface area contributed by atoms with E-state index in [1.54, 1.807) is 4.90 Å². The van der Waals surface area contributed by atoms with Crippen LogP contribution in [-0.4, -0.2) is 34.5 Å². The number of halogens is 1. The Morgan fingerprint density at radius 1 is 1.21 bits per heavy atom. The fraction of sp³-hybridized carbons (Fsp3) is 0.478. The minimum Gasteiger partial charge on any atom is -0.444 e. The van der Waals surface area contributed by atoms with Crippen LogP contribution in [0.4, 0.5) is 10.5 Å². The van der Waals surface area contributed by atoms with Crippen molar-refractivity contribution in [3.63, 3.8) is 0 Å². The van der Waals surface area contributed by atoms with Crippen molar-refractivity contribution in [2.24, 2.45) is 5.92 Å². The third-order valence-corrected chi connectivity index (χ3v) is 6.49. The molecule has 1 saturated heterocycles. The lowest BCUT2D eigenvalue weighted by atomic mass is 9.90. The van der Waals surface area contributed by atoms with Gasteiger partial charge in [-0.1, -0.05) is 34.1 Å². The monoisotopic (exact) mass is 458 g/mol. The number of likely N-dealkylation sites (tertiary alicyclic amines) is 1. The fourth-order valence-electron chi connectivity index (χ4n) is 4.80. The lowest BCUT2D eigenvalue weighted by Crippen LogP contribution is -2.51. The quantitative estimate of drug-likeness (QED) is 0.650. The summed E-state index contributed by atoms with van der Waals surface area (Å²) < 4.78 is 6.59. The van der Waals surface area contributed by atoms with Gasteiger partial charge in [-0.05, 0) is 69.0 Å². The molecule has 154 valence electrons. The van der Waals surface area contributed by atoms with Crippen LogP contribution < -0.4 is 5.73 Å². The van der Waals surface area contributed by atoms with Gasteiger partial charge in [0.15, 0.2) is 5.78 Å². The molecule has 1 amide bonds. The summed E-state index contributed by atoms with van der Waals surface area (Å²) in [4.78, 5) is 27.8. The van der Waals surface area contributed by atoms with Crippen LogP contribution in [0.25, 0.3) is 10.8 Å². The van der Waals surface area contributed by atoms with Crippen molar-refractivity contribution in [2.75, 3.05) is 5.73 Å². The first-order chi connectivity index (χ1) is 13.6. The Kier molecular flexibility index (Phi) is 5.09. The average molecular weight is 459 g/mol. The summed E-state index contributed by atoms with van der Waals surface area (Å²) in [5.74, 6) is 0.267. The predicted octanol–water partition coefficient (Wildman–Crippen LogP) is 5.08. The molecule has 29 heavy (non-hydrogen) atoms. The summed E-state index contributed by atoms with van der Waals surface area (Å²) in [6.45, 7) is 5.55. The number of nitrogens with zero attached hydrogens (tertiary/aromatic N) is 1. The number of hydrogen-bond donors (Lipinski definition) is 1. The van der Waals surface area contributed by atoms with Crippen LogP contribution in [0.15, 0.2) is 34.8 Å². The standard InChI is InChI=1S/C23H27BrN2O3/c1-23(2,3)29-22(28)26-17-8-6-15(11-17)21(26)19(27)12-14-5-4-13-10-16(24)7-9-18(13)20(14)25/h4-5,7,9-10,15,17,21H,6,8,11-12,25H2,1-3H3/t15-,17+,21+/m1/s1. The maximum Gasteiger partial charge on any atom is 0.411 e. The van der Waals surface area contributed by atoms with Gasteiger partial charge in [0.2, 0.25) is 0 Å². The van der Waals surface area contributed by atoms with E-state index >= 15 is 0 Å². The molecule has 6 heteroatoms. The van der Waals surface area contributed by atoms with E-state index in [0.717, 1.165) is 40.1 Å². The SMILES string of the molecule is CC(C)(C)OC(=O)N1[C@H]2CC[C@H](C2)[C@H]1C(=O)Cc1ccc2cc(Br)ccc2c1N. The van der Waals surface area contributed by atoms with Crippen molar-refractivity contribution in [3.05, 3.63) is 40.4 Å². The molecule has 1 aliphatic carbocycles. The van der Waals surface area contributed by atoms with Crippen molar-refractivity contribution >= 4 is 44.3 Å². The Balaban J connectivity index is 1.58. The van der Waals surface area contributed by atoms with Crippen LogP contribution in [0, 0.1) is 5.92 Å². The van der Waals surface area contributed by atoms with Gasteiger partial charge in [-0.2, -0.15) is 0 Å². The molecule has 2 bridgehead atoms. The number of Topliss-reactive ketones (excluding diaryl/α,β-unsaturated/α-hetero) is 1. The topological polar surface area (TPSA) is 72.6 Å². The highest BCUT2D eigenvalue weighted by Gasteiger charge is 2.52. The van der Waals surface area contributed by atoms with Crippen LogP contribution in [-0.2, 0) is 16.0 Å². The number of benzene rings is 2. The molecule has 0 aromatic heterocycles. The number of hydrogen-bond acceptors (Lipinski definition) is 4. The minimum atomic E-state index is -0.580. The number of nitrogen functional groups attached to an aromatic ring is 1. The van der Waals surface area contributed by atoms with Crippen LogP contribution >= 0.6 is 15.9 Å². The number of ketones is 1. The van der Waals surface area contributed by atoms with Crippen LogP contribution in [0.1, 0.15) is 45.6 Å². The smallest absolute Gasteiger partial charge is 0.411 e. The second kappa shape index (κ2) is 7.31.